The molecule has 11 heteroatoms. The molecule has 0 unspecified atom stereocenters. The molecular weight excluding hydrogens is 511 g/mol. The fraction of sp³-hybridized carbons (Fsp3) is 0.483. The summed E-state index contributed by atoms with van der Waals surface area (Å²) in [5, 5.41) is 8.36. The highest BCUT2D eigenvalue weighted by molar-refractivity contribution is 5.78. The molecular formula is C29H37FN8O2. The van der Waals surface area contributed by atoms with Crippen LogP contribution in [0.2, 0.25) is 0 Å². The van der Waals surface area contributed by atoms with E-state index in [9.17, 15) is 9.18 Å². The second-order valence-electron chi connectivity index (χ2n) is 11.5. The molecule has 212 valence electrons. The number of halogens is 1. The number of hydrogen-bond donors (Lipinski definition) is 1. The van der Waals surface area contributed by atoms with E-state index in [1.54, 1.807) is 24.5 Å². The Morgan fingerprint density at radius 2 is 1.93 bits per heavy atom. The summed E-state index contributed by atoms with van der Waals surface area (Å²) in [5.74, 6) is 2.53. The summed E-state index contributed by atoms with van der Waals surface area (Å²) in [6.45, 7) is 10.0. The number of hydrogen-bond acceptors (Lipinski definition) is 8. The van der Waals surface area contributed by atoms with E-state index in [0.717, 1.165) is 43.0 Å². The molecule has 5 rings (SSSR count). The molecule has 10 nitrogen and oxygen atoms in total. The molecule has 1 aliphatic heterocycles. The van der Waals surface area contributed by atoms with Crippen LogP contribution in [0, 0.1) is 0 Å². The minimum absolute atomic E-state index is 0.0427. The second-order valence-corrected chi connectivity index (χ2v) is 11.5. The number of rotatable bonds is 9. The van der Waals surface area contributed by atoms with Crippen LogP contribution in [0.15, 0.2) is 36.7 Å². The lowest BCUT2D eigenvalue weighted by atomic mass is 9.91. The van der Waals surface area contributed by atoms with Crippen molar-refractivity contribution < 1.29 is 13.9 Å². The molecule has 0 saturated carbocycles. The van der Waals surface area contributed by atoms with Gasteiger partial charge in [-0.2, -0.15) is 10.1 Å². The number of imidazole rings is 1. The van der Waals surface area contributed by atoms with E-state index in [1.807, 2.05) is 17.7 Å². The number of carbonyl (C=O) groups is 1. The average molecular weight is 549 g/mol. The van der Waals surface area contributed by atoms with E-state index in [2.05, 4.69) is 51.7 Å². The summed E-state index contributed by atoms with van der Waals surface area (Å²) in [5.41, 5.74) is 3.09. The summed E-state index contributed by atoms with van der Waals surface area (Å²) < 4.78 is 22.9. The van der Waals surface area contributed by atoms with E-state index in [0.29, 0.717) is 35.3 Å². The molecule has 0 aliphatic carbocycles. The van der Waals surface area contributed by atoms with E-state index in [1.165, 1.54) is 6.92 Å². The molecule has 1 N–H and O–H groups in total. The molecule has 5 heterocycles. The van der Waals surface area contributed by atoms with Crippen molar-refractivity contribution in [2.45, 2.75) is 58.4 Å². The zero-order chi connectivity index (χ0) is 28.4. The number of aryl methyl sites for hydroxylation is 1. The summed E-state index contributed by atoms with van der Waals surface area (Å²) >= 11 is 0. The van der Waals surface area contributed by atoms with Gasteiger partial charge in [-0.05, 0) is 25.8 Å². The zero-order valence-corrected chi connectivity index (χ0v) is 23.8. The van der Waals surface area contributed by atoms with Crippen molar-refractivity contribution in [1.29, 1.82) is 0 Å². The van der Waals surface area contributed by atoms with Crippen molar-refractivity contribution in [1.82, 2.24) is 34.2 Å². The fourth-order valence-corrected chi connectivity index (χ4v) is 5.14. The lowest BCUT2D eigenvalue weighted by Crippen LogP contribution is -2.37. The molecule has 4 aromatic rings. The molecule has 0 aromatic carbocycles. The quantitative estimate of drug-likeness (QED) is 0.307. The Kier molecular flexibility index (Phi) is 7.84. The normalized spacial score (nSPS) is 15.1. The van der Waals surface area contributed by atoms with Gasteiger partial charge >= 0.3 is 0 Å². The monoisotopic (exact) mass is 548 g/mol. The number of fused-ring (bicyclic) bond motifs is 1. The van der Waals surface area contributed by atoms with Crippen molar-refractivity contribution in [3.8, 4) is 11.5 Å². The van der Waals surface area contributed by atoms with E-state index < -0.39 is 0 Å². The van der Waals surface area contributed by atoms with Gasteiger partial charge in [-0.25, -0.2) is 9.37 Å². The Balaban J connectivity index is 1.36. The Morgan fingerprint density at radius 3 is 2.62 bits per heavy atom. The summed E-state index contributed by atoms with van der Waals surface area (Å²) in [4.78, 5) is 27.1. The number of piperidine rings is 1. The van der Waals surface area contributed by atoms with Crippen molar-refractivity contribution in [3.05, 3.63) is 48.0 Å². The van der Waals surface area contributed by atoms with Gasteiger partial charge in [-0.1, -0.05) is 20.8 Å². The standard InChI is InChI=1S/C29H37FN8O2/c1-19(39)14-20-15-22(6-10-31-20)40-23-16-24-27(32-18-23)34-28(36(24)5)33-26-17-25(29(2,3)4)38(35-26)21-7-11-37(12-8-21)13-9-30/h6,10,15-18,21H,7-9,11-14H2,1-5H3,(H,32,33,34,35). The number of nitrogens with zero attached hydrogens (tertiary/aromatic N) is 7. The number of Topliss-reactive ketones (excluding diaryl/α,β-unsaturated/α-hetero) is 1. The first kappa shape index (κ1) is 27.7. The van der Waals surface area contributed by atoms with E-state index >= 15 is 0 Å². The number of ketones is 1. The molecule has 4 aromatic heterocycles. The first-order chi connectivity index (χ1) is 19.1. The lowest BCUT2D eigenvalue weighted by molar-refractivity contribution is -0.116. The predicted octanol–water partition coefficient (Wildman–Crippen LogP) is 5.13. The molecule has 40 heavy (non-hydrogen) atoms. The van der Waals surface area contributed by atoms with Crippen LogP contribution in [0.3, 0.4) is 0 Å². The fourth-order valence-electron chi connectivity index (χ4n) is 5.14. The topological polar surface area (TPSA) is 103 Å². The Bertz CT molecular complexity index is 1500. The summed E-state index contributed by atoms with van der Waals surface area (Å²) in [6.07, 6.45) is 5.40. The largest absolute Gasteiger partial charge is 0.456 e. The summed E-state index contributed by atoms with van der Waals surface area (Å²) in [7, 11) is 1.92. The number of anilines is 2. The van der Waals surface area contributed by atoms with Gasteiger partial charge in [0.05, 0.1) is 23.4 Å². The van der Waals surface area contributed by atoms with Crippen LogP contribution in [0.4, 0.5) is 16.2 Å². The number of aromatic nitrogens is 6. The Morgan fingerprint density at radius 1 is 1.15 bits per heavy atom. The van der Waals surface area contributed by atoms with Crippen LogP contribution in [-0.4, -0.2) is 66.3 Å². The number of alkyl halides is 1. The molecule has 0 spiro atoms. The van der Waals surface area contributed by atoms with Gasteiger partial charge in [-0.15, -0.1) is 0 Å². The van der Waals surface area contributed by atoms with Gasteiger partial charge in [0.1, 0.15) is 24.0 Å². The first-order valence-corrected chi connectivity index (χ1v) is 13.7. The maximum Gasteiger partial charge on any atom is 0.210 e. The minimum Gasteiger partial charge on any atom is -0.456 e. The molecule has 0 amide bonds. The van der Waals surface area contributed by atoms with Crippen molar-refractivity contribution in [2.24, 2.45) is 7.05 Å². The zero-order valence-electron chi connectivity index (χ0n) is 23.8. The molecule has 1 saturated heterocycles. The molecule has 1 aliphatic rings. The molecule has 0 atom stereocenters. The third-order valence-electron chi connectivity index (χ3n) is 7.21. The molecule has 1 fully saturated rings. The maximum absolute atomic E-state index is 12.8. The highest BCUT2D eigenvalue weighted by atomic mass is 19.1. The molecule has 0 radical (unpaired) electrons. The first-order valence-electron chi connectivity index (χ1n) is 13.7. The number of pyridine rings is 2. The maximum atomic E-state index is 12.8. The van der Waals surface area contributed by atoms with Crippen molar-refractivity contribution in [2.75, 3.05) is 31.6 Å². The van der Waals surface area contributed by atoms with Gasteiger partial charge in [0, 0.05) is 68.6 Å². The number of likely N-dealkylation sites (tertiary alicyclic amines) is 1. The molecule has 0 bridgehead atoms. The smallest absolute Gasteiger partial charge is 0.210 e. The SMILES string of the molecule is CC(=O)Cc1cc(Oc2cnc3nc(Nc4cc(C(C)(C)C)n(C5CCN(CCF)CC5)n4)n(C)c3c2)ccn1. The third kappa shape index (κ3) is 6.14. The highest BCUT2D eigenvalue weighted by Gasteiger charge is 2.28. The summed E-state index contributed by atoms with van der Waals surface area (Å²) in [6, 6.07) is 7.76. The number of carbonyl (C=O) groups excluding carboxylic acids is 1. The Hall–Kier alpha value is -3.86. The van der Waals surface area contributed by atoms with Crippen molar-refractivity contribution in [3.63, 3.8) is 0 Å². The van der Waals surface area contributed by atoms with Crippen LogP contribution in [0.25, 0.3) is 11.2 Å². The van der Waals surface area contributed by atoms with Gasteiger partial charge in [0.25, 0.3) is 0 Å². The van der Waals surface area contributed by atoms with Crippen LogP contribution in [0.5, 0.6) is 11.5 Å². The third-order valence-corrected chi connectivity index (χ3v) is 7.21. The van der Waals surface area contributed by atoms with Crippen molar-refractivity contribution >= 4 is 28.7 Å². The van der Waals surface area contributed by atoms with Gasteiger partial charge < -0.3 is 19.5 Å². The predicted molar refractivity (Wildman–Crippen MR) is 152 cm³/mol. The lowest BCUT2D eigenvalue weighted by Gasteiger charge is -2.33. The van der Waals surface area contributed by atoms with Crippen LogP contribution in [0.1, 0.15) is 58.0 Å². The highest BCUT2D eigenvalue weighted by Crippen LogP contribution is 2.33. The average Bonchev–Trinajstić information content (AvgIpc) is 3.46. The van der Waals surface area contributed by atoms with Gasteiger partial charge in [0.2, 0.25) is 5.95 Å². The van der Waals surface area contributed by atoms with E-state index in [4.69, 9.17) is 14.8 Å². The van der Waals surface area contributed by atoms with Crippen LogP contribution in [-0.2, 0) is 23.7 Å². The minimum atomic E-state index is -0.306. The van der Waals surface area contributed by atoms with Gasteiger partial charge in [0.15, 0.2) is 11.5 Å². The Labute approximate surface area is 233 Å². The van der Waals surface area contributed by atoms with Crippen LogP contribution >= 0.6 is 0 Å². The van der Waals surface area contributed by atoms with Crippen LogP contribution < -0.4 is 10.1 Å². The second kappa shape index (κ2) is 11.3. The number of ether oxygens (including phenoxy) is 1. The number of nitrogens with one attached hydrogen (secondary N) is 1. The van der Waals surface area contributed by atoms with E-state index in [-0.39, 0.29) is 30.3 Å². The van der Waals surface area contributed by atoms with Gasteiger partial charge in [-0.3, -0.25) is 14.5 Å².